The molecule has 19 heavy (non-hydrogen) atoms. The van der Waals surface area contributed by atoms with Crippen LogP contribution < -0.4 is 0 Å². The van der Waals surface area contributed by atoms with Crippen molar-refractivity contribution in [2.45, 2.75) is 38.7 Å². The van der Waals surface area contributed by atoms with Crippen molar-refractivity contribution in [3.63, 3.8) is 0 Å². The second-order valence-corrected chi connectivity index (χ2v) is 7.67. The van der Waals surface area contributed by atoms with Crippen molar-refractivity contribution in [2.24, 2.45) is 0 Å². The minimum atomic E-state index is -0.477. The van der Waals surface area contributed by atoms with Gasteiger partial charge in [-0.15, -0.1) is 11.3 Å². The predicted octanol–water partition coefficient (Wildman–Crippen LogP) is 4.48. The van der Waals surface area contributed by atoms with Crippen LogP contribution in [0, 0.1) is 0 Å². The van der Waals surface area contributed by atoms with Crippen molar-refractivity contribution >= 4 is 27.3 Å². The fourth-order valence-corrected chi connectivity index (χ4v) is 3.05. The van der Waals surface area contributed by atoms with Crippen LogP contribution in [0.1, 0.15) is 42.3 Å². The van der Waals surface area contributed by atoms with E-state index < -0.39 is 6.10 Å². The fourth-order valence-electron chi connectivity index (χ4n) is 1.76. The molecule has 2 nitrogen and oxygen atoms in total. The Morgan fingerprint density at radius 3 is 2.53 bits per heavy atom. The number of pyridine rings is 1. The van der Waals surface area contributed by atoms with Gasteiger partial charge in [0.2, 0.25) is 0 Å². The van der Waals surface area contributed by atoms with E-state index in [0.29, 0.717) is 6.42 Å². The molecule has 0 aliphatic rings. The molecular weight excluding hydrogens is 322 g/mol. The quantitative estimate of drug-likeness (QED) is 0.894. The van der Waals surface area contributed by atoms with E-state index in [1.165, 1.54) is 4.88 Å². The number of nitrogens with zero attached hydrogens (tertiary/aromatic N) is 1. The van der Waals surface area contributed by atoms with Crippen LogP contribution in [0.15, 0.2) is 34.9 Å². The third kappa shape index (κ3) is 3.88. The lowest BCUT2D eigenvalue weighted by molar-refractivity contribution is 0.181. The highest BCUT2D eigenvalue weighted by Crippen LogP contribution is 2.33. The maximum atomic E-state index is 10.3. The Morgan fingerprint density at radius 1 is 1.26 bits per heavy atom. The minimum Gasteiger partial charge on any atom is -0.387 e. The van der Waals surface area contributed by atoms with Gasteiger partial charge in [-0.3, -0.25) is 4.98 Å². The number of aromatic nitrogens is 1. The van der Waals surface area contributed by atoms with Gasteiger partial charge < -0.3 is 5.11 Å². The number of rotatable bonds is 3. The molecule has 0 amide bonds. The van der Waals surface area contributed by atoms with E-state index in [0.717, 1.165) is 15.0 Å². The molecule has 0 saturated carbocycles. The summed E-state index contributed by atoms with van der Waals surface area (Å²) in [6.45, 7) is 6.56. The topological polar surface area (TPSA) is 33.1 Å². The van der Waals surface area contributed by atoms with Crippen molar-refractivity contribution in [1.29, 1.82) is 0 Å². The molecule has 0 fully saturated rings. The average Bonchev–Trinajstić information content (AvgIpc) is 2.81. The summed E-state index contributed by atoms with van der Waals surface area (Å²) in [4.78, 5) is 6.60. The van der Waals surface area contributed by atoms with Gasteiger partial charge in [-0.25, -0.2) is 0 Å². The minimum absolute atomic E-state index is 0.137. The van der Waals surface area contributed by atoms with Gasteiger partial charge in [0, 0.05) is 32.5 Å². The molecule has 0 aliphatic carbocycles. The molecule has 0 radical (unpaired) electrons. The second-order valence-electron chi connectivity index (χ2n) is 5.64. The molecule has 0 aromatic carbocycles. The van der Waals surface area contributed by atoms with Crippen LogP contribution in [0.25, 0.3) is 0 Å². The Bertz CT molecular complexity index is 542. The summed E-state index contributed by atoms with van der Waals surface area (Å²) < 4.78 is 0.955. The molecule has 0 bridgehead atoms. The summed E-state index contributed by atoms with van der Waals surface area (Å²) in [5.41, 5.74) is 1.04. The smallest absolute Gasteiger partial charge is 0.0937 e. The van der Waals surface area contributed by atoms with Gasteiger partial charge in [0.15, 0.2) is 0 Å². The maximum absolute atomic E-state index is 10.3. The molecule has 1 unspecified atom stereocenters. The lowest BCUT2D eigenvalue weighted by atomic mass is 9.95. The Balaban J connectivity index is 2.09. The highest BCUT2D eigenvalue weighted by Gasteiger charge is 2.19. The van der Waals surface area contributed by atoms with Crippen LogP contribution in [0.5, 0.6) is 0 Å². The van der Waals surface area contributed by atoms with Crippen LogP contribution >= 0.6 is 27.3 Å². The number of thiophene rings is 1. The number of halogens is 1. The monoisotopic (exact) mass is 339 g/mol. The highest BCUT2D eigenvalue weighted by molar-refractivity contribution is 9.10. The molecule has 2 aromatic heterocycles. The molecule has 2 aromatic rings. The molecular formula is C15H18BrNOS. The first-order valence-electron chi connectivity index (χ1n) is 6.25. The number of aliphatic hydroxyl groups excluding tert-OH is 1. The molecule has 2 rings (SSSR count). The van der Waals surface area contributed by atoms with Gasteiger partial charge in [-0.1, -0.05) is 20.8 Å². The Labute approximate surface area is 126 Å². The first-order chi connectivity index (χ1) is 8.86. The van der Waals surface area contributed by atoms with Crippen molar-refractivity contribution in [1.82, 2.24) is 4.98 Å². The molecule has 2 heterocycles. The zero-order valence-electron chi connectivity index (χ0n) is 11.4. The molecule has 0 spiro atoms. The van der Waals surface area contributed by atoms with Gasteiger partial charge in [0.1, 0.15) is 0 Å². The lowest BCUT2D eigenvalue weighted by Gasteiger charge is -2.15. The van der Waals surface area contributed by atoms with Crippen LogP contribution in [0.2, 0.25) is 0 Å². The van der Waals surface area contributed by atoms with Gasteiger partial charge in [-0.05, 0) is 45.6 Å². The summed E-state index contributed by atoms with van der Waals surface area (Å²) in [6, 6.07) is 8.02. The first kappa shape index (κ1) is 14.7. The maximum Gasteiger partial charge on any atom is 0.0937 e. The number of hydrogen-bond donors (Lipinski definition) is 1. The third-order valence-electron chi connectivity index (χ3n) is 2.89. The van der Waals surface area contributed by atoms with Crippen molar-refractivity contribution in [2.75, 3.05) is 0 Å². The van der Waals surface area contributed by atoms with E-state index in [1.54, 1.807) is 17.5 Å². The van der Waals surface area contributed by atoms with E-state index in [-0.39, 0.29) is 5.41 Å². The van der Waals surface area contributed by atoms with Crippen LogP contribution in [-0.2, 0) is 11.8 Å². The normalized spacial score (nSPS) is 13.5. The largest absolute Gasteiger partial charge is 0.387 e. The summed E-state index contributed by atoms with van der Waals surface area (Å²) in [5, 5.41) is 10.3. The van der Waals surface area contributed by atoms with E-state index >= 15 is 0 Å². The molecule has 102 valence electrons. The standard InChI is InChI=1S/C15H18BrNOS/c1-15(2,3)14-7-6-13(19-14)12(18)8-11-5-4-10(16)9-17-11/h4-7,9,12,18H,8H2,1-3H3. The number of aliphatic hydroxyl groups is 1. The second kappa shape index (κ2) is 5.73. The molecule has 1 N–H and O–H groups in total. The lowest BCUT2D eigenvalue weighted by Crippen LogP contribution is -2.08. The average molecular weight is 340 g/mol. The van der Waals surface area contributed by atoms with Crippen LogP contribution in [0.3, 0.4) is 0 Å². The Morgan fingerprint density at radius 2 is 2.00 bits per heavy atom. The van der Waals surface area contributed by atoms with Crippen LogP contribution in [0.4, 0.5) is 0 Å². The van der Waals surface area contributed by atoms with E-state index in [9.17, 15) is 5.11 Å². The van der Waals surface area contributed by atoms with E-state index in [4.69, 9.17) is 0 Å². The summed E-state index contributed by atoms with van der Waals surface area (Å²) in [6.07, 6.45) is 1.84. The van der Waals surface area contributed by atoms with Gasteiger partial charge >= 0.3 is 0 Å². The first-order valence-corrected chi connectivity index (χ1v) is 7.86. The van der Waals surface area contributed by atoms with Crippen molar-refractivity contribution in [3.8, 4) is 0 Å². The van der Waals surface area contributed by atoms with E-state index in [2.05, 4.69) is 47.8 Å². The highest BCUT2D eigenvalue weighted by atomic mass is 79.9. The molecule has 0 aliphatic heterocycles. The summed E-state index contributed by atoms with van der Waals surface area (Å²) in [5.74, 6) is 0. The predicted molar refractivity (Wildman–Crippen MR) is 83.6 cm³/mol. The van der Waals surface area contributed by atoms with Crippen molar-refractivity contribution in [3.05, 3.63) is 50.4 Å². The third-order valence-corrected chi connectivity index (χ3v) is 4.97. The Hall–Kier alpha value is -0.710. The van der Waals surface area contributed by atoms with Gasteiger partial charge in [0.25, 0.3) is 0 Å². The SMILES string of the molecule is CC(C)(C)c1ccc(C(O)Cc2ccc(Br)cn2)s1. The molecule has 4 heteroatoms. The van der Waals surface area contributed by atoms with Gasteiger partial charge in [0.05, 0.1) is 6.10 Å². The fraction of sp³-hybridized carbons (Fsp3) is 0.400. The van der Waals surface area contributed by atoms with E-state index in [1.807, 2.05) is 18.2 Å². The summed E-state index contributed by atoms with van der Waals surface area (Å²) >= 11 is 5.04. The van der Waals surface area contributed by atoms with Gasteiger partial charge in [-0.2, -0.15) is 0 Å². The molecule has 0 saturated heterocycles. The summed E-state index contributed by atoms with van der Waals surface area (Å²) in [7, 11) is 0. The Kier molecular flexibility index (Phi) is 4.43. The van der Waals surface area contributed by atoms with Crippen molar-refractivity contribution < 1.29 is 5.11 Å². The zero-order valence-corrected chi connectivity index (χ0v) is 13.8. The molecule has 1 atom stereocenters. The number of hydrogen-bond acceptors (Lipinski definition) is 3. The van der Waals surface area contributed by atoms with Crippen LogP contribution in [-0.4, -0.2) is 10.1 Å². The zero-order chi connectivity index (χ0) is 14.0.